The van der Waals surface area contributed by atoms with Crippen molar-refractivity contribution in [3.8, 4) is 0 Å². The van der Waals surface area contributed by atoms with E-state index in [0.717, 1.165) is 17.7 Å². The van der Waals surface area contributed by atoms with Gasteiger partial charge in [-0.05, 0) is 25.5 Å². The molecule has 2 N–H and O–H groups in total. The highest BCUT2D eigenvalue weighted by Crippen LogP contribution is 1.95. The van der Waals surface area contributed by atoms with Crippen LogP contribution in [0.2, 0.25) is 0 Å². The number of rotatable bonds is 4. The van der Waals surface area contributed by atoms with Gasteiger partial charge >= 0.3 is 6.03 Å². The minimum atomic E-state index is -0.210. The van der Waals surface area contributed by atoms with Gasteiger partial charge in [-0.3, -0.25) is 4.98 Å². The van der Waals surface area contributed by atoms with Crippen LogP contribution in [0, 0.1) is 0 Å². The molecule has 2 amide bonds. The summed E-state index contributed by atoms with van der Waals surface area (Å²) in [6.45, 7) is 4.45. The Morgan fingerprint density at radius 1 is 1.50 bits per heavy atom. The number of carbonyl (C=O) groups excluding carboxylic acids is 1. The Balaban J connectivity index is 2.31. The van der Waals surface area contributed by atoms with Gasteiger partial charge in [-0.15, -0.1) is 0 Å². The smallest absolute Gasteiger partial charge is 0.319 e. The molecule has 4 nitrogen and oxygen atoms in total. The molecule has 0 bridgehead atoms. The third-order valence-corrected chi connectivity index (χ3v) is 2.16. The van der Waals surface area contributed by atoms with E-state index in [1.165, 1.54) is 0 Å². The summed E-state index contributed by atoms with van der Waals surface area (Å²) < 4.78 is 0. The lowest BCUT2D eigenvalue weighted by molar-refractivity contribution is 0.243. The van der Waals surface area contributed by atoms with Gasteiger partial charge in [-0.25, -0.2) is 4.79 Å². The molecule has 1 aromatic heterocycles. The molecule has 0 aliphatic carbocycles. The predicted molar refractivity (Wildman–Crippen MR) is 63.7 cm³/mol. The number of amides is 2. The van der Waals surface area contributed by atoms with Crippen LogP contribution >= 0.6 is 0 Å². The number of nitrogens with zero attached hydrogens (tertiary/aromatic N) is 1. The van der Waals surface area contributed by atoms with Crippen LogP contribution in [0.15, 0.2) is 36.2 Å². The molecule has 0 unspecified atom stereocenters. The standard InChI is InChI=1S/C12H17N3O/c1-3-10(2)8-14-12(16)15-9-11-6-4-5-7-13-11/h4-8H,3,9H2,1-2H3,(H2,14,15,16)/b10-8+. The first-order valence-corrected chi connectivity index (χ1v) is 5.32. The third-order valence-electron chi connectivity index (χ3n) is 2.16. The highest BCUT2D eigenvalue weighted by atomic mass is 16.2. The van der Waals surface area contributed by atoms with Crippen LogP contribution in [-0.2, 0) is 6.54 Å². The normalized spacial score (nSPS) is 11.0. The maximum absolute atomic E-state index is 11.3. The van der Waals surface area contributed by atoms with E-state index < -0.39 is 0 Å². The van der Waals surface area contributed by atoms with E-state index in [1.54, 1.807) is 12.4 Å². The lowest BCUT2D eigenvalue weighted by atomic mass is 10.3. The SMILES string of the molecule is CC/C(C)=C/NC(=O)NCc1ccccn1. The van der Waals surface area contributed by atoms with E-state index in [2.05, 4.69) is 15.6 Å². The summed E-state index contributed by atoms with van der Waals surface area (Å²) in [4.78, 5) is 15.4. The predicted octanol–water partition coefficient (Wildman–Crippen LogP) is 2.19. The topological polar surface area (TPSA) is 54.0 Å². The van der Waals surface area contributed by atoms with Crippen LogP contribution < -0.4 is 10.6 Å². The fourth-order valence-electron chi connectivity index (χ4n) is 1.02. The van der Waals surface area contributed by atoms with E-state index >= 15 is 0 Å². The van der Waals surface area contributed by atoms with Crippen molar-refractivity contribution in [3.63, 3.8) is 0 Å². The molecular formula is C12H17N3O. The average molecular weight is 219 g/mol. The number of nitrogens with one attached hydrogen (secondary N) is 2. The van der Waals surface area contributed by atoms with Gasteiger partial charge in [0.15, 0.2) is 0 Å². The number of pyridine rings is 1. The lowest BCUT2D eigenvalue weighted by Gasteiger charge is -2.04. The van der Waals surface area contributed by atoms with Crippen molar-refractivity contribution in [1.82, 2.24) is 15.6 Å². The quantitative estimate of drug-likeness (QED) is 0.815. The zero-order valence-corrected chi connectivity index (χ0v) is 9.66. The van der Waals surface area contributed by atoms with Gasteiger partial charge in [0.05, 0.1) is 12.2 Å². The second kappa shape index (κ2) is 6.61. The molecule has 86 valence electrons. The first-order chi connectivity index (χ1) is 7.72. The second-order valence-electron chi connectivity index (χ2n) is 3.49. The van der Waals surface area contributed by atoms with Gasteiger partial charge in [0.25, 0.3) is 0 Å². The number of hydrogen-bond donors (Lipinski definition) is 2. The number of hydrogen-bond acceptors (Lipinski definition) is 2. The van der Waals surface area contributed by atoms with Crippen LogP contribution in [0.5, 0.6) is 0 Å². The van der Waals surface area contributed by atoms with Crippen molar-refractivity contribution in [2.24, 2.45) is 0 Å². The molecule has 0 spiro atoms. The number of aromatic nitrogens is 1. The van der Waals surface area contributed by atoms with E-state index in [9.17, 15) is 4.79 Å². The molecule has 1 aromatic rings. The molecule has 1 heterocycles. The van der Waals surface area contributed by atoms with Crippen molar-refractivity contribution < 1.29 is 4.79 Å². The summed E-state index contributed by atoms with van der Waals surface area (Å²) in [6.07, 6.45) is 4.35. The average Bonchev–Trinajstić information content (AvgIpc) is 2.34. The molecule has 0 fully saturated rings. The molecule has 0 atom stereocenters. The van der Waals surface area contributed by atoms with Gasteiger partial charge in [0.1, 0.15) is 0 Å². The molecule has 0 radical (unpaired) electrons. The van der Waals surface area contributed by atoms with Crippen molar-refractivity contribution in [2.45, 2.75) is 26.8 Å². The summed E-state index contributed by atoms with van der Waals surface area (Å²) in [7, 11) is 0. The van der Waals surface area contributed by atoms with Crippen LogP contribution in [0.3, 0.4) is 0 Å². The molecule has 0 saturated carbocycles. The molecule has 0 aliphatic heterocycles. The Hall–Kier alpha value is -1.84. The Bertz CT molecular complexity index is 360. The van der Waals surface area contributed by atoms with Crippen molar-refractivity contribution in [1.29, 1.82) is 0 Å². The van der Waals surface area contributed by atoms with E-state index in [1.807, 2.05) is 32.0 Å². The largest absolute Gasteiger partial charge is 0.332 e. The molecule has 0 saturated heterocycles. The highest BCUT2D eigenvalue weighted by molar-refractivity contribution is 5.74. The second-order valence-corrected chi connectivity index (χ2v) is 3.49. The fraction of sp³-hybridized carbons (Fsp3) is 0.333. The van der Waals surface area contributed by atoms with Crippen LogP contribution in [-0.4, -0.2) is 11.0 Å². The van der Waals surface area contributed by atoms with Crippen LogP contribution in [0.1, 0.15) is 26.0 Å². The van der Waals surface area contributed by atoms with E-state index in [4.69, 9.17) is 0 Å². The summed E-state index contributed by atoms with van der Waals surface area (Å²) in [6, 6.07) is 5.39. The summed E-state index contributed by atoms with van der Waals surface area (Å²) in [5, 5.41) is 5.38. The third kappa shape index (κ3) is 4.59. The molecular weight excluding hydrogens is 202 g/mol. The number of allylic oxidation sites excluding steroid dienone is 1. The Morgan fingerprint density at radius 3 is 2.94 bits per heavy atom. The molecule has 0 aliphatic rings. The Morgan fingerprint density at radius 2 is 2.31 bits per heavy atom. The maximum Gasteiger partial charge on any atom is 0.319 e. The van der Waals surface area contributed by atoms with Crippen molar-refractivity contribution in [2.75, 3.05) is 0 Å². The first kappa shape index (κ1) is 12.2. The van der Waals surface area contributed by atoms with Crippen molar-refractivity contribution in [3.05, 3.63) is 41.9 Å². The van der Waals surface area contributed by atoms with Crippen molar-refractivity contribution >= 4 is 6.03 Å². The van der Waals surface area contributed by atoms with Gasteiger partial charge in [0.2, 0.25) is 0 Å². The molecule has 16 heavy (non-hydrogen) atoms. The minimum absolute atomic E-state index is 0.210. The number of carbonyl (C=O) groups is 1. The monoisotopic (exact) mass is 219 g/mol. The zero-order chi connectivity index (χ0) is 11.8. The van der Waals surface area contributed by atoms with E-state index in [0.29, 0.717) is 6.54 Å². The van der Waals surface area contributed by atoms with Gasteiger partial charge in [-0.1, -0.05) is 18.6 Å². The Kier molecular flexibility index (Phi) is 5.05. The fourth-order valence-corrected chi connectivity index (χ4v) is 1.02. The molecule has 0 aromatic carbocycles. The Labute approximate surface area is 95.8 Å². The molecule has 4 heteroatoms. The zero-order valence-electron chi connectivity index (χ0n) is 9.66. The number of urea groups is 1. The van der Waals surface area contributed by atoms with Gasteiger partial charge < -0.3 is 10.6 Å². The van der Waals surface area contributed by atoms with Crippen LogP contribution in [0.25, 0.3) is 0 Å². The summed E-state index contributed by atoms with van der Waals surface area (Å²) in [5.41, 5.74) is 1.97. The first-order valence-electron chi connectivity index (χ1n) is 5.32. The summed E-state index contributed by atoms with van der Waals surface area (Å²) in [5.74, 6) is 0. The highest BCUT2D eigenvalue weighted by Gasteiger charge is 1.98. The maximum atomic E-state index is 11.3. The van der Waals surface area contributed by atoms with Crippen LogP contribution in [0.4, 0.5) is 4.79 Å². The lowest BCUT2D eigenvalue weighted by Crippen LogP contribution is -2.32. The minimum Gasteiger partial charge on any atom is -0.332 e. The molecule has 1 rings (SSSR count). The van der Waals surface area contributed by atoms with Gasteiger partial charge in [-0.2, -0.15) is 0 Å². The van der Waals surface area contributed by atoms with E-state index in [-0.39, 0.29) is 6.03 Å². The van der Waals surface area contributed by atoms with Gasteiger partial charge in [0, 0.05) is 12.4 Å². The summed E-state index contributed by atoms with van der Waals surface area (Å²) >= 11 is 0.